The number of rotatable bonds is 7. The molecule has 0 fully saturated rings. The average Bonchev–Trinajstić information content (AvgIpc) is 2.64. The Hall–Kier alpha value is -2.21. The third-order valence-electron chi connectivity index (χ3n) is 4.09. The highest BCUT2D eigenvalue weighted by Crippen LogP contribution is 2.31. The molecule has 1 amide bonds. The first-order chi connectivity index (χ1) is 12.7. The Morgan fingerprint density at radius 2 is 1.67 bits per heavy atom. The number of hydrogen-bond acceptors (Lipinski definition) is 4. The fraction of sp³-hybridized carbons (Fsp3) is 0.381. The van der Waals surface area contributed by atoms with Gasteiger partial charge in [0.2, 0.25) is 0 Å². The second-order valence-corrected chi connectivity index (χ2v) is 8.00. The maximum Gasteiger partial charge on any atom is 0.258 e. The third-order valence-corrected chi connectivity index (χ3v) is 4.71. The van der Waals surface area contributed by atoms with Gasteiger partial charge in [-0.15, -0.1) is 0 Å². The summed E-state index contributed by atoms with van der Waals surface area (Å²) in [5.74, 6) is 1.73. The lowest BCUT2D eigenvalue weighted by Crippen LogP contribution is -2.28. The second-order valence-electron chi connectivity index (χ2n) is 7.15. The minimum Gasteiger partial charge on any atom is -0.493 e. The van der Waals surface area contributed by atoms with Crippen LogP contribution in [0.5, 0.6) is 17.2 Å². The van der Waals surface area contributed by atoms with E-state index in [0.29, 0.717) is 23.8 Å². The summed E-state index contributed by atoms with van der Waals surface area (Å²) < 4.78 is 16.9. The Labute approximate surface area is 169 Å². The Kier molecular flexibility index (Phi) is 7.13. The van der Waals surface area contributed by atoms with Crippen LogP contribution < -0.4 is 19.5 Å². The van der Waals surface area contributed by atoms with Gasteiger partial charge in [-0.1, -0.05) is 32.9 Å². The molecule has 2 aromatic carbocycles. The van der Waals surface area contributed by atoms with Crippen LogP contribution in [-0.2, 0) is 16.8 Å². The largest absolute Gasteiger partial charge is 0.493 e. The van der Waals surface area contributed by atoms with E-state index >= 15 is 0 Å². The van der Waals surface area contributed by atoms with Gasteiger partial charge in [0, 0.05) is 6.54 Å². The highest BCUT2D eigenvalue weighted by molar-refractivity contribution is 9.10. The van der Waals surface area contributed by atoms with Crippen molar-refractivity contribution in [3.05, 3.63) is 52.0 Å². The summed E-state index contributed by atoms with van der Waals surface area (Å²) in [6.45, 7) is 6.78. The van der Waals surface area contributed by atoms with Gasteiger partial charge in [0.25, 0.3) is 5.91 Å². The molecular formula is C21H26BrNO4. The normalized spacial score (nSPS) is 11.0. The third kappa shape index (κ3) is 5.89. The Morgan fingerprint density at radius 1 is 1.00 bits per heavy atom. The summed E-state index contributed by atoms with van der Waals surface area (Å²) in [6, 6.07) is 11.4. The van der Waals surface area contributed by atoms with E-state index in [1.165, 1.54) is 5.56 Å². The molecule has 0 saturated carbocycles. The summed E-state index contributed by atoms with van der Waals surface area (Å²) in [7, 11) is 3.17. The number of hydrogen-bond donors (Lipinski definition) is 1. The lowest BCUT2D eigenvalue weighted by Gasteiger charge is -2.20. The molecule has 0 spiro atoms. The number of carbonyl (C=O) groups is 1. The number of amides is 1. The van der Waals surface area contributed by atoms with E-state index in [1.807, 2.05) is 36.4 Å². The van der Waals surface area contributed by atoms with Gasteiger partial charge >= 0.3 is 0 Å². The molecule has 6 heteroatoms. The predicted molar refractivity (Wildman–Crippen MR) is 110 cm³/mol. The SMILES string of the molecule is COc1ccc(CNC(=O)COc2ccc(C(C)(C)C)cc2Br)cc1OC. The quantitative estimate of drug-likeness (QED) is 0.697. The molecule has 0 heterocycles. The maximum absolute atomic E-state index is 12.1. The molecule has 2 rings (SSSR count). The molecule has 2 aromatic rings. The van der Waals surface area contributed by atoms with Crippen molar-refractivity contribution in [1.82, 2.24) is 5.32 Å². The molecule has 0 aromatic heterocycles. The number of methoxy groups -OCH3 is 2. The van der Waals surface area contributed by atoms with E-state index in [-0.39, 0.29) is 17.9 Å². The van der Waals surface area contributed by atoms with Crippen LogP contribution in [0.25, 0.3) is 0 Å². The van der Waals surface area contributed by atoms with Crippen LogP contribution in [0.2, 0.25) is 0 Å². The van der Waals surface area contributed by atoms with Crippen molar-refractivity contribution < 1.29 is 19.0 Å². The zero-order chi connectivity index (χ0) is 20.0. The van der Waals surface area contributed by atoms with Crippen molar-refractivity contribution >= 4 is 21.8 Å². The van der Waals surface area contributed by atoms with Gasteiger partial charge in [-0.05, 0) is 56.7 Å². The minimum atomic E-state index is -0.198. The summed E-state index contributed by atoms with van der Waals surface area (Å²) in [5, 5.41) is 2.84. The molecule has 5 nitrogen and oxygen atoms in total. The Bertz CT molecular complexity index is 799. The van der Waals surface area contributed by atoms with Gasteiger partial charge in [0.15, 0.2) is 18.1 Å². The number of ether oxygens (including phenoxy) is 3. The van der Waals surface area contributed by atoms with Crippen LogP contribution in [0.4, 0.5) is 0 Å². The van der Waals surface area contributed by atoms with Crippen LogP contribution in [0.3, 0.4) is 0 Å². The van der Waals surface area contributed by atoms with Crippen LogP contribution in [0, 0.1) is 0 Å². The molecule has 1 N–H and O–H groups in total. The van der Waals surface area contributed by atoms with E-state index in [1.54, 1.807) is 14.2 Å². The van der Waals surface area contributed by atoms with E-state index in [4.69, 9.17) is 14.2 Å². The number of halogens is 1. The first kappa shape index (κ1) is 21.1. The second kappa shape index (κ2) is 9.13. The summed E-state index contributed by atoms with van der Waals surface area (Å²) in [6.07, 6.45) is 0. The van der Waals surface area contributed by atoms with Crippen LogP contribution >= 0.6 is 15.9 Å². The number of carbonyl (C=O) groups excluding carboxylic acids is 1. The van der Waals surface area contributed by atoms with Crippen molar-refractivity contribution in [2.75, 3.05) is 20.8 Å². The first-order valence-corrected chi connectivity index (χ1v) is 9.44. The van der Waals surface area contributed by atoms with Crippen molar-refractivity contribution in [1.29, 1.82) is 0 Å². The zero-order valence-corrected chi connectivity index (χ0v) is 18.0. The summed E-state index contributed by atoms with van der Waals surface area (Å²) in [4.78, 5) is 12.1. The summed E-state index contributed by atoms with van der Waals surface area (Å²) in [5.41, 5.74) is 2.16. The minimum absolute atomic E-state index is 0.0534. The van der Waals surface area contributed by atoms with Crippen molar-refractivity contribution in [3.8, 4) is 17.2 Å². The standard InChI is InChI=1S/C21H26BrNO4/c1-21(2,3)15-7-9-17(16(22)11-15)27-13-20(24)23-12-14-6-8-18(25-4)19(10-14)26-5/h6-11H,12-13H2,1-5H3,(H,23,24). The lowest BCUT2D eigenvalue weighted by atomic mass is 9.87. The fourth-order valence-corrected chi connectivity index (χ4v) is 2.96. The molecule has 0 atom stereocenters. The molecule has 0 aliphatic rings. The Morgan fingerprint density at radius 3 is 2.26 bits per heavy atom. The van der Waals surface area contributed by atoms with Crippen molar-refractivity contribution in [2.24, 2.45) is 0 Å². The molecule has 0 saturated heterocycles. The molecule has 0 bridgehead atoms. The van der Waals surface area contributed by atoms with E-state index in [2.05, 4.69) is 42.0 Å². The average molecular weight is 436 g/mol. The van der Waals surface area contributed by atoms with Crippen LogP contribution in [-0.4, -0.2) is 26.7 Å². The maximum atomic E-state index is 12.1. The molecule has 146 valence electrons. The van der Waals surface area contributed by atoms with Gasteiger partial charge in [-0.2, -0.15) is 0 Å². The van der Waals surface area contributed by atoms with Crippen molar-refractivity contribution in [2.45, 2.75) is 32.7 Å². The molecule has 0 radical (unpaired) electrons. The van der Waals surface area contributed by atoms with Gasteiger partial charge in [-0.25, -0.2) is 0 Å². The van der Waals surface area contributed by atoms with Gasteiger partial charge in [0.05, 0.1) is 18.7 Å². The molecular weight excluding hydrogens is 410 g/mol. The van der Waals surface area contributed by atoms with Crippen molar-refractivity contribution in [3.63, 3.8) is 0 Å². The topological polar surface area (TPSA) is 56.8 Å². The Balaban J connectivity index is 1.90. The molecule has 27 heavy (non-hydrogen) atoms. The van der Waals surface area contributed by atoms with Gasteiger partial charge < -0.3 is 19.5 Å². The first-order valence-electron chi connectivity index (χ1n) is 8.65. The number of nitrogens with one attached hydrogen (secondary N) is 1. The van der Waals surface area contributed by atoms with Crippen LogP contribution in [0.15, 0.2) is 40.9 Å². The smallest absolute Gasteiger partial charge is 0.258 e. The predicted octanol–water partition coefficient (Wildman–Crippen LogP) is 4.46. The van der Waals surface area contributed by atoms with E-state index < -0.39 is 0 Å². The van der Waals surface area contributed by atoms with Gasteiger partial charge in [-0.3, -0.25) is 4.79 Å². The zero-order valence-electron chi connectivity index (χ0n) is 16.4. The molecule has 0 aliphatic carbocycles. The van der Waals surface area contributed by atoms with E-state index in [0.717, 1.165) is 10.0 Å². The summed E-state index contributed by atoms with van der Waals surface area (Å²) >= 11 is 3.51. The molecule has 0 aliphatic heterocycles. The van der Waals surface area contributed by atoms with Crippen LogP contribution in [0.1, 0.15) is 31.9 Å². The highest BCUT2D eigenvalue weighted by atomic mass is 79.9. The fourth-order valence-electron chi connectivity index (χ4n) is 2.47. The monoisotopic (exact) mass is 435 g/mol. The molecule has 0 unspecified atom stereocenters. The lowest BCUT2D eigenvalue weighted by molar-refractivity contribution is -0.123. The van der Waals surface area contributed by atoms with E-state index in [9.17, 15) is 4.79 Å². The number of benzene rings is 2. The van der Waals surface area contributed by atoms with Gasteiger partial charge in [0.1, 0.15) is 5.75 Å². The highest BCUT2D eigenvalue weighted by Gasteiger charge is 2.15.